The van der Waals surface area contributed by atoms with E-state index in [2.05, 4.69) is 59.8 Å². The van der Waals surface area contributed by atoms with Gasteiger partial charge in [-0.2, -0.15) is 0 Å². The molecule has 0 heterocycles. The van der Waals surface area contributed by atoms with Gasteiger partial charge in [0, 0.05) is 18.8 Å². The van der Waals surface area contributed by atoms with E-state index in [-0.39, 0.29) is 17.5 Å². The minimum absolute atomic E-state index is 0.0829. The normalized spacial score (nSPS) is 38.8. The fourth-order valence-corrected chi connectivity index (χ4v) is 7.83. The Labute approximate surface area is 197 Å². The van der Waals surface area contributed by atoms with Crippen molar-refractivity contribution in [3.8, 4) is 0 Å². The van der Waals surface area contributed by atoms with Gasteiger partial charge in [-0.05, 0) is 80.0 Å². The van der Waals surface area contributed by atoms with Crippen LogP contribution in [0.5, 0.6) is 0 Å². The van der Waals surface area contributed by atoms with Crippen LogP contribution in [0.4, 0.5) is 0 Å². The van der Waals surface area contributed by atoms with E-state index in [9.17, 15) is 4.79 Å². The van der Waals surface area contributed by atoms with E-state index < -0.39 is 0 Å². The number of rotatable bonds is 5. The highest BCUT2D eigenvalue weighted by Crippen LogP contribution is 2.64. The van der Waals surface area contributed by atoms with Gasteiger partial charge in [0.2, 0.25) is 0 Å². The Bertz CT molecular complexity index is 830. The van der Waals surface area contributed by atoms with Gasteiger partial charge in [-0.3, -0.25) is 4.79 Å². The SMILES string of the molecule is CC(=O)O[C@@H]1CC[C@@]2(C)C(=CCC3=C2CC[C@@]2(C)[C@@H]3CC[C@H]2[C@@H](C)C=C[C@H](C)C(C)C)C1. The summed E-state index contributed by atoms with van der Waals surface area (Å²) in [4.78, 5) is 11.5. The predicted octanol–water partition coefficient (Wildman–Crippen LogP) is 8.05. The number of allylic oxidation sites excluding steroid dienone is 5. The van der Waals surface area contributed by atoms with E-state index in [0.717, 1.165) is 37.5 Å². The summed E-state index contributed by atoms with van der Waals surface area (Å²) in [6.07, 6.45) is 17.2. The third-order valence-corrected chi connectivity index (χ3v) is 10.2. The summed E-state index contributed by atoms with van der Waals surface area (Å²) in [5.74, 6) is 3.47. The first-order chi connectivity index (χ1) is 15.1. The van der Waals surface area contributed by atoms with Gasteiger partial charge < -0.3 is 4.74 Å². The summed E-state index contributed by atoms with van der Waals surface area (Å²) in [6, 6.07) is 0. The van der Waals surface area contributed by atoms with E-state index in [4.69, 9.17) is 4.74 Å². The van der Waals surface area contributed by atoms with Crippen LogP contribution < -0.4 is 0 Å². The molecule has 2 saturated carbocycles. The van der Waals surface area contributed by atoms with Crippen molar-refractivity contribution in [3.63, 3.8) is 0 Å². The Morgan fingerprint density at radius 3 is 2.53 bits per heavy atom. The predicted molar refractivity (Wildman–Crippen MR) is 133 cm³/mol. The lowest BCUT2D eigenvalue weighted by molar-refractivity contribution is -0.147. The maximum atomic E-state index is 11.5. The average molecular weight is 439 g/mol. The number of ether oxygens (including phenoxy) is 1. The molecule has 7 atom stereocenters. The maximum Gasteiger partial charge on any atom is 0.302 e. The van der Waals surface area contributed by atoms with Crippen molar-refractivity contribution in [2.45, 2.75) is 106 Å². The molecule has 2 fully saturated rings. The molecule has 0 aromatic rings. The summed E-state index contributed by atoms with van der Waals surface area (Å²) >= 11 is 0. The molecule has 0 amide bonds. The zero-order valence-corrected chi connectivity index (χ0v) is 21.7. The Hall–Kier alpha value is -1.31. The van der Waals surface area contributed by atoms with Crippen molar-refractivity contribution in [2.24, 2.45) is 40.4 Å². The van der Waals surface area contributed by atoms with Crippen LogP contribution in [0, 0.1) is 40.4 Å². The van der Waals surface area contributed by atoms with Gasteiger partial charge in [0.25, 0.3) is 0 Å². The number of carbonyl (C=O) groups excluding carboxylic acids is 1. The van der Waals surface area contributed by atoms with Crippen LogP contribution in [-0.2, 0) is 9.53 Å². The summed E-state index contributed by atoms with van der Waals surface area (Å²) < 4.78 is 5.60. The number of hydrogen-bond donors (Lipinski definition) is 0. The molecule has 0 unspecified atom stereocenters. The molecule has 0 spiro atoms. The van der Waals surface area contributed by atoms with E-state index in [1.807, 2.05) is 0 Å². The Kier molecular flexibility index (Phi) is 6.56. The van der Waals surface area contributed by atoms with E-state index in [1.165, 1.54) is 25.7 Å². The van der Waals surface area contributed by atoms with E-state index in [1.54, 1.807) is 23.6 Å². The van der Waals surface area contributed by atoms with Gasteiger partial charge >= 0.3 is 5.97 Å². The summed E-state index contributed by atoms with van der Waals surface area (Å²) in [5, 5.41) is 0. The fraction of sp³-hybridized carbons (Fsp3) is 0.767. The quantitative estimate of drug-likeness (QED) is 0.320. The molecule has 0 aromatic heterocycles. The molecule has 0 radical (unpaired) electrons. The van der Waals surface area contributed by atoms with Crippen LogP contribution in [0.15, 0.2) is 34.9 Å². The van der Waals surface area contributed by atoms with Gasteiger partial charge in [0.1, 0.15) is 6.10 Å². The largest absolute Gasteiger partial charge is 0.462 e. The molecule has 0 bridgehead atoms. The van der Waals surface area contributed by atoms with Crippen molar-refractivity contribution in [3.05, 3.63) is 34.9 Å². The van der Waals surface area contributed by atoms with Crippen molar-refractivity contribution in [2.75, 3.05) is 0 Å². The topological polar surface area (TPSA) is 26.3 Å². The monoisotopic (exact) mass is 438 g/mol. The molecule has 4 aliphatic carbocycles. The van der Waals surface area contributed by atoms with Crippen LogP contribution in [0.2, 0.25) is 0 Å². The zero-order valence-electron chi connectivity index (χ0n) is 21.7. The summed E-state index contributed by atoms with van der Waals surface area (Å²) in [6.45, 7) is 16.1. The van der Waals surface area contributed by atoms with Crippen molar-refractivity contribution >= 4 is 5.97 Å². The lowest BCUT2D eigenvalue weighted by atomic mass is 9.53. The molecule has 2 nitrogen and oxygen atoms in total. The van der Waals surface area contributed by atoms with Crippen LogP contribution in [0.25, 0.3) is 0 Å². The highest BCUT2D eigenvalue weighted by Gasteiger charge is 2.54. The molecule has 0 saturated heterocycles. The molecular weight excluding hydrogens is 392 g/mol. The molecule has 4 aliphatic rings. The third-order valence-electron chi connectivity index (χ3n) is 10.2. The second-order valence-electron chi connectivity index (χ2n) is 12.3. The van der Waals surface area contributed by atoms with Gasteiger partial charge in [-0.1, -0.05) is 76.5 Å². The Balaban J connectivity index is 1.53. The first-order valence-electron chi connectivity index (χ1n) is 13.3. The second-order valence-corrected chi connectivity index (χ2v) is 12.3. The first kappa shape index (κ1) is 23.8. The van der Waals surface area contributed by atoms with Gasteiger partial charge in [0.15, 0.2) is 0 Å². The number of hydrogen-bond acceptors (Lipinski definition) is 2. The van der Waals surface area contributed by atoms with Crippen LogP contribution >= 0.6 is 0 Å². The zero-order chi connectivity index (χ0) is 23.3. The summed E-state index contributed by atoms with van der Waals surface area (Å²) in [7, 11) is 0. The minimum atomic E-state index is -0.133. The molecule has 0 aromatic carbocycles. The maximum absolute atomic E-state index is 11.5. The van der Waals surface area contributed by atoms with E-state index >= 15 is 0 Å². The van der Waals surface area contributed by atoms with Crippen molar-refractivity contribution in [1.82, 2.24) is 0 Å². The number of fused-ring (bicyclic) bond motifs is 4. The highest BCUT2D eigenvalue weighted by atomic mass is 16.5. The van der Waals surface area contributed by atoms with Gasteiger partial charge in [0.05, 0.1) is 0 Å². The molecule has 32 heavy (non-hydrogen) atoms. The molecular formula is C30H46O2. The average Bonchev–Trinajstić information content (AvgIpc) is 3.08. The molecule has 4 rings (SSSR count). The first-order valence-corrected chi connectivity index (χ1v) is 13.3. The lowest BCUT2D eigenvalue weighted by Crippen LogP contribution is -2.42. The van der Waals surface area contributed by atoms with Crippen LogP contribution in [0.3, 0.4) is 0 Å². The van der Waals surface area contributed by atoms with Crippen LogP contribution in [-0.4, -0.2) is 12.1 Å². The number of carbonyl (C=O) groups is 1. The third kappa shape index (κ3) is 4.05. The highest BCUT2D eigenvalue weighted by molar-refractivity contribution is 5.66. The fourth-order valence-electron chi connectivity index (χ4n) is 7.83. The smallest absolute Gasteiger partial charge is 0.302 e. The van der Waals surface area contributed by atoms with Crippen LogP contribution in [0.1, 0.15) is 99.8 Å². The Morgan fingerprint density at radius 2 is 1.84 bits per heavy atom. The molecule has 0 aliphatic heterocycles. The minimum Gasteiger partial charge on any atom is -0.462 e. The molecule has 178 valence electrons. The van der Waals surface area contributed by atoms with Gasteiger partial charge in [-0.15, -0.1) is 0 Å². The summed E-state index contributed by atoms with van der Waals surface area (Å²) in [5.41, 5.74) is 5.77. The van der Waals surface area contributed by atoms with Gasteiger partial charge in [-0.25, -0.2) is 0 Å². The lowest BCUT2D eigenvalue weighted by Gasteiger charge is -2.52. The van der Waals surface area contributed by atoms with Crippen molar-refractivity contribution < 1.29 is 9.53 Å². The van der Waals surface area contributed by atoms with Crippen molar-refractivity contribution in [1.29, 1.82) is 0 Å². The second kappa shape index (κ2) is 8.80. The number of esters is 1. The van der Waals surface area contributed by atoms with E-state index in [0.29, 0.717) is 23.2 Å². The molecule has 2 heteroatoms. The Morgan fingerprint density at radius 1 is 1.09 bits per heavy atom. The molecule has 0 N–H and O–H groups in total. The standard InChI is InChI=1S/C30H46O2/c1-19(2)20(3)8-9-21(4)26-12-13-27-25-11-10-23-18-24(32-22(5)31)14-16-29(23,6)28(25)15-17-30(26,27)7/h8-10,19-21,24,26-27H,11-18H2,1-7H3/t20-,21-,24+,26-,27+,29-,30+/m0/s1.